The van der Waals surface area contributed by atoms with Gasteiger partial charge in [-0.1, -0.05) is 12.8 Å². The highest BCUT2D eigenvalue weighted by Gasteiger charge is 2.38. The van der Waals surface area contributed by atoms with Crippen LogP contribution in [-0.4, -0.2) is 67.6 Å². The van der Waals surface area contributed by atoms with Crippen LogP contribution in [0.1, 0.15) is 48.9 Å². The molecule has 0 amide bonds. The lowest BCUT2D eigenvalue weighted by atomic mass is 9.81. The van der Waals surface area contributed by atoms with E-state index in [9.17, 15) is 26.7 Å². The third-order valence-corrected chi connectivity index (χ3v) is 10.4. The van der Waals surface area contributed by atoms with E-state index in [-0.39, 0.29) is 22.9 Å². The Labute approximate surface area is 255 Å². The van der Waals surface area contributed by atoms with Gasteiger partial charge in [0.25, 0.3) is 10.0 Å². The molecule has 2 fully saturated rings. The summed E-state index contributed by atoms with van der Waals surface area (Å²) in [4.78, 5) is 18.9. The number of aliphatic hydroxyl groups is 1. The minimum atomic E-state index is -4.54. The first kappa shape index (κ1) is 30.0. The maximum atomic E-state index is 13.0. The van der Waals surface area contributed by atoms with Gasteiger partial charge in [0.05, 0.1) is 34.5 Å². The molecule has 44 heavy (non-hydrogen) atoms. The predicted molar refractivity (Wildman–Crippen MR) is 158 cm³/mol. The van der Waals surface area contributed by atoms with Crippen molar-refractivity contribution in [2.75, 3.05) is 29.9 Å². The zero-order valence-electron chi connectivity index (χ0n) is 23.4. The van der Waals surface area contributed by atoms with Crippen LogP contribution >= 0.6 is 11.3 Å². The number of anilines is 3. The second kappa shape index (κ2) is 11.5. The third-order valence-electron chi connectivity index (χ3n) is 7.61. The number of nitrogens with one attached hydrogen (secondary N) is 1. The summed E-state index contributed by atoms with van der Waals surface area (Å²) in [7, 11) is -3.53. The molecule has 11 nitrogen and oxygen atoms in total. The van der Waals surface area contributed by atoms with Gasteiger partial charge in [-0.2, -0.15) is 22.4 Å². The molecular weight excluding hydrogens is 617 g/mol. The van der Waals surface area contributed by atoms with Crippen molar-refractivity contribution in [1.82, 2.24) is 29.1 Å². The van der Waals surface area contributed by atoms with E-state index in [0.717, 1.165) is 39.3 Å². The van der Waals surface area contributed by atoms with Crippen molar-refractivity contribution >= 4 is 38.7 Å². The van der Waals surface area contributed by atoms with E-state index >= 15 is 0 Å². The van der Waals surface area contributed by atoms with Gasteiger partial charge < -0.3 is 15.3 Å². The maximum Gasteiger partial charge on any atom is 0.434 e. The van der Waals surface area contributed by atoms with Gasteiger partial charge >= 0.3 is 6.18 Å². The van der Waals surface area contributed by atoms with Crippen molar-refractivity contribution in [3.63, 3.8) is 0 Å². The van der Waals surface area contributed by atoms with Crippen LogP contribution in [0.5, 0.6) is 0 Å². The summed E-state index contributed by atoms with van der Waals surface area (Å²) in [5.74, 6) is 6.79. The number of thiazole rings is 1. The fourth-order valence-corrected chi connectivity index (χ4v) is 6.82. The van der Waals surface area contributed by atoms with Crippen LogP contribution < -0.4 is 10.2 Å². The zero-order chi connectivity index (χ0) is 31.1. The van der Waals surface area contributed by atoms with Gasteiger partial charge in [0.1, 0.15) is 11.6 Å². The van der Waals surface area contributed by atoms with E-state index in [2.05, 4.69) is 47.1 Å². The van der Waals surface area contributed by atoms with Crippen LogP contribution in [0.15, 0.2) is 42.3 Å². The van der Waals surface area contributed by atoms with Crippen LogP contribution in [-0.2, 0) is 16.2 Å². The van der Waals surface area contributed by atoms with Crippen molar-refractivity contribution in [1.29, 1.82) is 0 Å². The third kappa shape index (κ3) is 6.40. The highest BCUT2D eigenvalue weighted by Crippen LogP contribution is 2.35. The maximum absolute atomic E-state index is 13.0. The number of piperidine rings is 1. The molecule has 0 bridgehead atoms. The van der Waals surface area contributed by atoms with Crippen molar-refractivity contribution in [3.8, 4) is 23.2 Å². The number of hydrogen-bond acceptors (Lipinski definition) is 11. The standard InChI is InChI=1S/C28H27F3N8O3S2/c1-27(17-40)7-10-38(11-8-27)21-12-24(33-13-18(21)2-5-25-35-22(16-43-25)28(29,30)31)36-23-6-9-32-26(37-23)19-14-34-39(15-19)44(41,42)20-3-4-20/h6,9,12-16,20,40H,3-4,7-8,10-11,17H2,1H3,(H,32,33,36,37). The average Bonchev–Trinajstić information content (AvgIpc) is 3.54. The molecule has 16 heteroatoms. The highest BCUT2D eigenvalue weighted by atomic mass is 32.2. The molecule has 5 heterocycles. The van der Waals surface area contributed by atoms with E-state index in [4.69, 9.17) is 0 Å². The molecule has 1 aliphatic carbocycles. The summed E-state index contributed by atoms with van der Waals surface area (Å²) in [6.07, 6.45) is 4.04. The van der Waals surface area contributed by atoms with E-state index in [1.807, 2.05) is 6.92 Å². The molecule has 2 aliphatic rings. The Morgan fingerprint density at radius 2 is 1.91 bits per heavy atom. The first-order chi connectivity index (χ1) is 20.9. The second-order valence-electron chi connectivity index (χ2n) is 11.1. The Bertz CT molecular complexity index is 1850. The monoisotopic (exact) mass is 644 g/mol. The molecule has 1 saturated carbocycles. The topological polar surface area (TPSA) is 139 Å². The number of hydrogen-bond donors (Lipinski definition) is 2. The number of rotatable bonds is 7. The zero-order valence-corrected chi connectivity index (χ0v) is 25.0. The molecular formula is C28H27F3N8O3S2. The Hall–Kier alpha value is -4.07. The Kier molecular flexibility index (Phi) is 7.80. The lowest BCUT2D eigenvalue weighted by Gasteiger charge is -2.39. The number of halogens is 3. The largest absolute Gasteiger partial charge is 0.434 e. The lowest BCUT2D eigenvalue weighted by Crippen LogP contribution is -2.40. The first-order valence-electron chi connectivity index (χ1n) is 13.7. The molecule has 1 saturated heterocycles. The Morgan fingerprint density at radius 3 is 2.59 bits per heavy atom. The summed E-state index contributed by atoms with van der Waals surface area (Å²) in [6.45, 7) is 3.37. The molecule has 0 aromatic carbocycles. The SMILES string of the molecule is CC1(CO)CCN(c2cc(Nc3ccnc(-c4cnn(S(=O)(=O)C5CC5)c4)n3)ncc2C#Cc2nc(C(F)(F)F)cs2)CC1. The quantitative estimate of drug-likeness (QED) is 0.280. The minimum absolute atomic E-state index is 0.0405. The Balaban J connectivity index is 1.27. The molecule has 0 radical (unpaired) electrons. The molecule has 2 N–H and O–H groups in total. The molecule has 0 spiro atoms. The van der Waals surface area contributed by atoms with Crippen molar-refractivity contribution in [2.24, 2.45) is 5.41 Å². The van der Waals surface area contributed by atoms with E-state index < -0.39 is 27.1 Å². The average molecular weight is 645 g/mol. The van der Waals surface area contributed by atoms with Crippen LogP contribution in [0, 0.1) is 17.3 Å². The van der Waals surface area contributed by atoms with Crippen LogP contribution in [0.2, 0.25) is 0 Å². The first-order valence-corrected chi connectivity index (χ1v) is 16.1. The summed E-state index contributed by atoms with van der Waals surface area (Å²) in [5, 5.41) is 17.5. The molecule has 4 aromatic heterocycles. The lowest BCUT2D eigenvalue weighted by molar-refractivity contribution is -0.140. The van der Waals surface area contributed by atoms with Crippen LogP contribution in [0.3, 0.4) is 0 Å². The second-order valence-corrected chi connectivity index (χ2v) is 14.0. The normalized spacial score (nSPS) is 16.8. The van der Waals surface area contributed by atoms with Crippen molar-refractivity contribution in [2.45, 2.75) is 44.0 Å². The number of alkyl halides is 3. The van der Waals surface area contributed by atoms with Crippen LogP contribution in [0.4, 0.5) is 30.5 Å². The smallest absolute Gasteiger partial charge is 0.396 e. The van der Waals surface area contributed by atoms with Crippen molar-refractivity contribution < 1.29 is 26.7 Å². The summed E-state index contributed by atoms with van der Waals surface area (Å²) in [6, 6.07) is 3.43. The van der Waals surface area contributed by atoms with Gasteiger partial charge in [-0.25, -0.2) is 28.4 Å². The summed E-state index contributed by atoms with van der Waals surface area (Å²) in [5.41, 5.74) is 0.496. The fraction of sp³-hybridized carbons (Fsp3) is 0.393. The van der Waals surface area contributed by atoms with Gasteiger partial charge in [0.2, 0.25) is 0 Å². The highest BCUT2D eigenvalue weighted by molar-refractivity contribution is 7.90. The molecule has 4 aromatic rings. The van der Waals surface area contributed by atoms with Gasteiger partial charge in [0.15, 0.2) is 16.5 Å². The minimum Gasteiger partial charge on any atom is -0.396 e. The van der Waals surface area contributed by atoms with E-state index in [1.54, 1.807) is 12.1 Å². The number of nitrogens with zero attached hydrogens (tertiary/aromatic N) is 7. The molecule has 0 unspecified atom stereocenters. The van der Waals surface area contributed by atoms with E-state index in [1.165, 1.54) is 24.8 Å². The van der Waals surface area contributed by atoms with E-state index in [0.29, 0.717) is 48.7 Å². The number of aromatic nitrogens is 6. The van der Waals surface area contributed by atoms with Crippen LogP contribution in [0.25, 0.3) is 11.4 Å². The molecule has 0 atom stereocenters. The molecule has 1 aliphatic heterocycles. The van der Waals surface area contributed by atoms with Gasteiger partial charge in [-0.05, 0) is 43.1 Å². The molecule has 230 valence electrons. The van der Waals surface area contributed by atoms with Crippen molar-refractivity contribution in [3.05, 3.63) is 58.6 Å². The predicted octanol–water partition coefficient (Wildman–Crippen LogP) is 4.29. The summed E-state index contributed by atoms with van der Waals surface area (Å²) >= 11 is 0.819. The van der Waals surface area contributed by atoms with Gasteiger partial charge in [-0.3, -0.25) is 0 Å². The number of aliphatic hydroxyl groups excluding tert-OH is 1. The summed E-state index contributed by atoms with van der Waals surface area (Å²) < 4.78 is 65.0. The van der Waals surface area contributed by atoms with Gasteiger partial charge in [-0.15, -0.1) is 11.3 Å². The number of pyridine rings is 1. The fourth-order valence-electron chi connectivity index (χ4n) is 4.68. The Morgan fingerprint density at radius 1 is 1.14 bits per heavy atom. The van der Waals surface area contributed by atoms with Gasteiger partial charge in [0, 0.05) is 43.5 Å². The molecule has 6 rings (SSSR count).